The Labute approximate surface area is 96.9 Å². The second kappa shape index (κ2) is 6.27. The lowest BCUT2D eigenvalue weighted by atomic mass is 9.94. The Morgan fingerprint density at radius 2 is 1.93 bits per heavy atom. The van der Waals surface area contributed by atoms with E-state index in [1.807, 2.05) is 0 Å². The Morgan fingerprint density at radius 1 is 1.29 bits per heavy atom. The number of aryl methyl sites for hydroxylation is 1. The molecule has 2 heterocycles. The van der Waals surface area contributed by atoms with Gasteiger partial charge in [0.05, 0.1) is 12.0 Å². The Hall–Kier alpha value is -0.250. The predicted molar refractivity (Wildman–Crippen MR) is 62.7 cm³/mol. The number of imidazole rings is 1. The molecule has 0 aromatic carbocycles. The van der Waals surface area contributed by atoms with Gasteiger partial charge in [-0.15, -0.1) is 24.8 Å². The number of nitrogens with one attached hydrogen (secondary N) is 2. The third-order valence-corrected chi connectivity index (χ3v) is 2.62. The monoisotopic (exact) mass is 237 g/mol. The van der Waals surface area contributed by atoms with Crippen LogP contribution in [0.2, 0.25) is 0 Å². The van der Waals surface area contributed by atoms with Gasteiger partial charge in [0.1, 0.15) is 0 Å². The van der Waals surface area contributed by atoms with E-state index in [2.05, 4.69) is 22.2 Å². The molecule has 1 aliphatic heterocycles. The van der Waals surface area contributed by atoms with Crippen LogP contribution in [0.25, 0.3) is 0 Å². The molecule has 0 spiro atoms. The van der Waals surface area contributed by atoms with Gasteiger partial charge >= 0.3 is 0 Å². The zero-order valence-electron chi connectivity index (χ0n) is 8.25. The van der Waals surface area contributed by atoms with Crippen molar-refractivity contribution in [1.82, 2.24) is 15.3 Å². The van der Waals surface area contributed by atoms with E-state index in [0.29, 0.717) is 5.92 Å². The first-order chi connectivity index (χ1) is 5.88. The molecule has 1 aromatic rings. The van der Waals surface area contributed by atoms with E-state index in [9.17, 15) is 0 Å². The van der Waals surface area contributed by atoms with Crippen molar-refractivity contribution in [3.05, 3.63) is 17.7 Å². The van der Waals surface area contributed by atoms with Gasteiger partial charge < -0.3 is 10.3 Å². The summed E-state index contributed by atoms with van der Waals surface area (Å²) in [5.74, 6) is 0.703. The molecule has 2 rings (SSSR count). The molecule has 5 heteroatoms. The Morgan fingerprint density at radius 3 is 2.43 bits per heavy atom. The van der Waals surface area contributed by atoms with Gasteiger partial charge in [0.2, 0.25) is 0 Å². The topological polar surface area (TPSA) is 40.7 Å². The van der Waals surface area contributed by atoms with E-state index in [-0.39, 0.29) is 24.8 Å². The van der Waals surface area contributed by atoms with Crippen LogP contribution in [0.3, 0.4) is 0 Å². The Kier molecular flexibility index (Phi) is 6.16. The average molecular weight is 238 g/mol. The highest BCUT2D eigenvalue weighted by Crippen LogP contribution is 2.24. The maximum absolute atomic E-state index is 4.22. The van der Waals surface area contributed by atoms with E-state index in [0.717, 1.165) is 13.1 Å². The van der Waals surface area contributed by atoms with Gasteiger partial charge in [-0.2, -0.15) is 0 Å². The number of hydrogen-bond acceptors (Lipinski definition) is 2. The molecule has 1 fully saturated rings. The molecule has 14 heavy (non-hydrogen) atoms. The predicted octanol–water partition coefficient (Wildman–Crippen LogP) is 2.03. The fraction of sp³-hybridized carbons (Fsp3) is 0.667. The third-order valence-electron chi connectivity index (χ3n) is 2.62. The van der Waals surface area contributed by atoms with Crippen molar-refractivity contribution in [1.29, 1.82) is 0 Å². The lowest BCUT2D eigenvalue weighted by Gasteiger charge is -2.21. The number of halogens is 2. The average Bonchev–Trinajstić information content (AvgIpc) is 2.53. The van der Waals surface area contributed by atoms with Crippen molar-refractivity contribution in [2.45, 2.75) is 25.7 Å². The molecule has 0 radical (unpaired) electrons. The minimum Gasteiger partial charge on any atom is -0.348 e. The van der Waals surface area contributed by atoms with Crippen LogP contribution < -0.4 is 5.32 Å². The fourth-order valence-corrected chi connectivity index (χ4v) is 1.90. The van der Waals surface area contributed by atoms with Crippen molar-refractivity contribution in [2.75, 3.05) is 13.1 Å². The van der Waals surface area contributed by atoms with E-state index in [1.165, 1.54) is 24.2 Å². The van der Waals surface area contributed by atoms with Crippen molar-refractivity contribution in [3.63, 3.8) is 0 Å². The van der Waals surface area contributed by atoms with Crippen molar-refractivity contribution < 1.29 is 0 Å². The van der Waals surface area contributed by atoms with Gasteiger partial charge in [0, 0.05) is 11.6 Å². The van der Waals surface area contributed by atoms with Crippen LogP contribution in [0.5, 0.6) is 0 Å². The van der Waals surface area contributed by atoms with Crippen LogP contribution >= 0.6 is 24.8 Å². The van der Waals surface area contributed by atoms with Crippen LogP contribution in [0.1, 0.15) is 30.1 Å². The van der Waals surface area contributed by atoms with E-state index < -0.39 is 0 Å². The van der Waals surface area contributed by atoms with E-state index in [1.54, 1.807) is 6.33 Å². The van der Waals surface area contributed by atoms with Crippen LogP contribution in [0.15, 0.2) is 6.33 Å². The Balaban J connectivity index is 0.000000845. The first kappa shape index (κ1) is 13.8. The van der Waals surface area contributed by atoms with Gasteiger partial charge in [-0.25, -0.2) is 4.98 Å². The molecule has 0 aliphatic carbocycles. The van der Waals surface area contributed by atoms with E-state index >= 15 is 0 Å². The molecule has 1 aliphatic rings. The summed E-state index contributed by atoms with van der Waals surface area (Å²) < 4.78 is 0. The summed E-state index contributed by atoms with van der Waals surface area (Å²) in [6, 6.07) is 0. The summed E-state index contributed by atoms with van der Waals surface area (Å²) >= 11 is 0. The summed E-state index contributed by atoms with van der Waals surface area (Å²) in [7, 11) is 0. The second-order valence-electron chi connectivity index (χ2n) is 3.43. The summed E-state index contributed by atoms with van der Waals surface area (Å²) in [5, 5.41) is 3.36. The van der Waals surface area contributed by atoms with Gasteiger partial charge in [-0.1, -0.05) is 0 Å². The first-order valence-corrected chi connectivity index (χ1v) is 4.58. The molecular formula is C9H17Cl2N3. The number of H-pyrrole nitrogens is 1. The van der Waals surface area contributed by atoms with Crippen LogP contribution in [-0.2, 0) is 0 Å². The molecule has 2 N–H and O–H groups in total. The highest BCUT2D eigenvalue weighted by molar-refractivity contribution is 5.85. The lowest BCUT2D eigenvalue weighted by Crippen LogP contribution is -2.27. The SMILES string of the molecule is Cc1nc[nH]c1C1CCNCC1.Cl.Cl. The zero-order chi connectivity index (χ0) is 8.39. The molecule has 0 atom stereocenters. The van der Waals surface area contributed by atoms with Gasteiger partial charge in [-0.3, -0.25) is 0 Å². The van der Waals surface area contributed by atoms with Gasteiger partial charge in [0.15, 0.2) is 0 Å². The fourth-order valence-electron chi connectivity index (χ4n) is 1.90. The number of rotatable bonds is 1. The molecular weight excluding hydrogens is 221 g/mol. The quantitative estimate of drug-likeness (QED) is 0.785. The molecule has 1 saturated heterocycles. The van der Waals surface area contributed by atoms with E-state index in [4.69, 9.17) is 0 Å². The highest BCUT2D eigenvalue weighted by Gasteiger charge is 2.17. The maximum Gasteiger partial charge on any atom is 0.0925 e. The summed E-state index contributed by atoms with van der Waals surface area (Å²) in [6.07, 6.45) is 4.28. The molecule has 0 unspecified atom stereocenters. The molecule has 82 valence electrons. The molecule has 0 amide bonds. The van der Waals surface area contributed by atoms with Crippen molar-refractivity contribution >= 4 is 24.8 Å². The molecule has 3 nitrogen and oxygen atoms in total. The highest BCUT2D eigenvalue weighted by atomic mass is 35.5. The van der Waals surface area contributed by atoms with Gasteiger partial charge in [0.25, 0.3) is 0 Å². The number of aromatic nitrogens is 2. The third kappa shape index (κ3) is 2.87. The number of hydrogen-bond donors (Lipinski definition) is 2. The van der Waals surface area contributed by atoms with Crippen LogP contribution in [0, 0.1) is 6.92 Å². The van der Waals surface area contributed by atoms with Crippen molar-refractivity contribution in [3.8, 4) is 0 Å². The first-order valence-electron chi connectivity index (χ1n) is 4.58. The molecule has 1 aromatic heterocycles. The minimum atomic E-state index is 0. The number of aromatic amines is 1. The summed E-state index contributed by atoms with van der Waals surface area (Å²) in [6.45, 7) is 4.36. The van der Waals surface area contributed by atoms with Crippen LogP contribution in [-0.4, -0.2) is 23.1 Å². The number of nitrogens with zero attached hydrogens (tertiary/aromatic N) is 1. The zero-order valence-corrected chi connectivity index (χ0v) is 9.88. The largest absolute Gasteiger partial charge is 0.348 e. The second-order valence-corrected chi connectivity index (χ2v) is 3.43. The summed E-state index contributed by atoms with van der Waals surface area (Å²) in [5.41, 5.74) is 2.51. The standard InChI is InChI=1S/C9H15N3.2ClH/c1-7-9(12-6-11-7)8-2-4-10-5-3-8;;/h6,8,10H,2-5H2,1H3,(H,11,12);2*1H. The number of piperidine rings is 1. The van der Waals surface area contributed by atoms with Gasteiger partial charge in [-0.05, 0) is 32.9 Å². The van der Waals surface area contributed by atoms with Crippen molar-refractivity contribution in [2.24, 2.45) is 0 Å². The lowest BCUT2D eigenvalue weighted by molar-refractivity contribution is 0.453. The smallest absolute Gasteiger partial charge is 0.0925 e. The Bertz CT molecular complexity index is 256. The molecule has 0 bridgehead atoms. The summed E-state index contributed by atoms with van der Waals surface area (Å²) in [4.78, 5) is 7.45. The minimum absolute atomic E-state index is 0. The normalized spacial score (nSPS) is 16.9. The molecule has 0 saturated carbocycles. The van der Waals surface area contributed by atoms with Crippen LogP contribution in [0.4, 0.5) is 0 Å². The maximum atomic E-state index is 4.22.